The molecule has 0 spiro atoms. The third-order valence-corrected chi connectivity index (χ3v) is 8.91. The van der Waals surface area contributed by atoms with E-state index in [9.17, 15) is 16.8 Å². The number of benzene rings is 2. The monoisotopic (exact) mass is 802 g/mol. The van der Waals surface area contributed by atoms with E-state index in [0.29, 0.717) is 71.8 Å². The van der Waals surface area contributed by atoms with Crippen molar-refractivity contribution in [1.29, 1.82) is 0 Å². The second kappa shape index (κ2) is 30.9. The Labute approximate surface area is 301 Å². The van der Waals surface area contributed by atoms with Crippen LogP contribution in [0.3, 0.4) is 0 Å². The van der Waals surface area contributed by atoms with Gasteiger partial charge in [-0.3, -0.25) is 0 Å². The number of ether oxygens (including phenoxy) is 7. The standard InChI is InChI=1S/C16H27NO6S.C9H19BrO3.C7H9NO3S/c1-3-8-20-9-10-21-11-12-22-13-14-23-15-4-6-16(7-5-15)24(18,19)17-2;1-2-4-11-6-8-13-9-7-12-5-3-10;1-8-12(10,11)7-4-2-6(9)3-5-7/h4-7,17H,3,8-14H2,1-2H3;2-9H2,1H3;2-5,8-9H,1H3. The van der Waals surface area contributed by atoms with E-state index in [4.69, 9.17) is 38.3 Å². The maximum Gasteiger partial charge on any atom is 0.240 e. The van der Waals surface area contributed by atoms with Crippen molar-refractivity contribution in [3.63, 3.8) is 0 Å². The van der Waals surface area contributed by atoms with Crippen molar-refractivity contribution in [2.75, 3.05) is 105 Å². The van der Waals surface area contributed by atoms with Gasteiger partial charge in [-0.1, -0.05) is 29.8 Å². The highest BCUT2D eigenvalue weighted by Crippen LogP contribution is 2.15. The minimum atomic E-state index is -3.41. The average Bonchev–Trinajstić information content (AvgIpc) is 3.11. The van der Waals surface area contributed by atoms with Gasteiger partial charge in [0.2, 0.25) is 20.0 Å². The smallest absolute Gasteiger partial charge is 0.240 e. The Balaban J connectivity index is 0.000000776. The van der Waals surface area contributed by atoms with Gasteiger partial charge in [0, 0.05) is 18.5 Å². The van der Waals surface area contributed by atoms with E-state index in [2.05, 4.69) is 39.2 Å². The summed E-state index contributed by atoms with van der Waals surface area (Å²) in [4.78, 5) is 0.344. The normalized spacial score (nSPS) is 11.3. The summed E-state index contributed by atoms with van der Waals surface area (Å²) >= 11 is 3.27. The van der Waals surface area contributed by atoms with Crippen molar-refractivity contribution >= 4 is 36.0 Å². The first-order valence-electron chi connectivity index (χ1n) is 16.0. The lowest BCUT2D eigenvalue weighted by molar-refractivity contribution is 0.00945. The van der Waals surface area contributed by atoms with E-state index in [1.165, 1.54) is 50.5 Å². The molecule has 0 saturated carbocycles. The van der Waals surface area contributed by atoms with Crippen molar-refractivity contribution in [1.82, 2.24) is 9.44 Å². The molecule has 0 unspecified atom stereocenters. The number of sulfonamides is 2. The summed E-state index contributed by atoms with van der Waals surface area (Å²) in [6.07, 6.45) is 2.07. The van der Waals surface area contributed by atoms with Crippen molar-refractivity contribution < 1.29 is 55.1 Å². The molecular formula is C32H55BrN2O12S2. The molecule has 2 aromatic carbocycles. The molecule has 3 N–H and O–H groups in total. The lowest BCUT2D eigenvalue weighted by Gasteiger charge is -2.09. The fraction of sp³-hybridized carbons (Fsp3) is 0.625. The Kier molecular flexibility index (Phi) is 29.7. The van der Waals surface area contributed by atoms with Crippen LogP contribution in [0.5, 0.6) is 11.5 Å². The van der Waals surface area contributed by atoms with E-state index in [-0.39, 0.29) is 15.5 Å². The summed E-state index contributed by atoms with van der Waals surface area (Å²) < 4.78 is 87.0. The van der Waals surface area contributed by atoms with Crippen molar-refractivity contribution in [2.45, 2.75) is 36.5 Å². The zero-order valence-electron chi connectivity index (χ0n) is 29.1. The van der Waals surface area contributed by atoms with Crippen molar-refractivity contribution in [3.8, 4) is 11.5 Å². The van der Waals surface area contributed by atoms with Gasteiger partial charge in [-0.05, 0) is 75.5 Å². The molecule has 0 aromatic heterocycles. The number of halogens is 1. The minimum Gasteiger partial charge on any atom is -0.508 e. The Morgan fingerprint density at radius 1 is 0.531 bits per heavy atom. The first kappa shape index (κ1) is 47.1. The molecule has 0 atom stereocenters. The maximum absolute atomic E-state index is 11.6. The lowest BCUT2D eigenvalue weighted by Crippen LogP contribution is -2.18. The van der Waals surface area contributed by atoms with Gasteiger partial charge in [0.1, 0.15) is 18.1 Å². The summed E-state index contributed by atoms with van der Waals surface area (Å²) in [6, 6.07) is 11.5. The Morgan fingerprint density at radius 3 is 1.20 bits per heavy atom. The average molecular weight is 804 g/mol. The second-order valence-corrected chi connectivity index (χ2v) is 14.2. The number of phenolic OH excluding ortho intramolecular Hbond substituents is 1. The maximum atomic E-state index is 11.6. The number of hydrogen-bond donors (Lipinski definition) is 3. The summed E-state index contributed by atoms with van der Waals surface area (Å²) in [7, 11) is -4.08. The van der Waals surface area contributed by atoms with Crippen LogP contribution < -0.4 is 14.2 Å². The van der Waals surface area contributed by atoms with Gasteiger partial charge in [-0.2, -0.15) is 0 Å². The Hall–Kier alpha value is -1.90. The molecule has 0 amide bonds. The highest BCUT2D eigenvalue weighted by Gasteiger charge is 2.11. The molecule has 2 aromatic rings. The number of phenols is 1. The molecule has 0 heterocycles. The molecule has 0 aliphatic heterocycles. The number of aromatic hydroxyl groups is 1. The highest BCUT2D eigenvalue weighted by atomic mass is 79.9. The van der Waals surface area contributed by atoms with Crippen LogP contribution >= 0.6 is 15.9 Å². The largest absolute Gasteiger partial charge is 0.508 e. The van der Waals surface area contributed by atoms with Crippen LogP contribution in [0.2, 0.25) is 0 Å². The van der Waals surface area contributed by atoms with Gasteiger partial charge in [-0.15, -0.1) is 0 Å². The Morgan fingerprint density at radius 2 is 0.857 bits per heavy atom. The fourth-order valence-corrected chi connectivity index (χ4v) is 4.91. The number of alkyl halides is 1. The van der Waals surface area contributed by atoms with Crippen LogP contribution in [0, 0.1) is 0 Å². The zero-order chi connectivity index (χ0) is 36.6. The van der Waals surface area contributed by atoms with E-state index in [0.717, 1.165) is 38.0 Å². The third-order valence-electron chi connectivity index (χ3n) is 5.72. The van der Waals surface area contributed by atoms with Gasteiger partial charge >= 0.3 is 0 Å². The summed E-state index contributed by atoms with van der Waals surface area (Å²) in [6.45, 7) is 12.2. The first-order chi connectivity index (χ1) is 23.6. The van der Waals surface area contributed by atoms with Gasteiger partial charge < -0.3 is 38.3 Å². The van der Waals surface area contributed by atoms with E-state index in [1.807, 2.05) is 0 Å². The Bertz CT molecular complexity index is 1240. The van der Waals surface area contributed by atoms with E-state index in [1.54, 1.807) is 12.1 Å². The summed E-state index contributed by atoms with van der Waals surface area (Å²) in [5.74, 6) is 0.642. The first-order valence-corrected chi connectivity index (χ1v) is 20.1. The molecule has 0 aliphatic rings. The quantitative estimate of drug-likeness (QED) is 0.0933. The highest BCUT2D eigenvalue weighted by molar-refractivity contribution is 9.09. The SMILES string of the molecule is CCCOCCOCCOCCBr.CCCOCCOCCOCCOc1ccc(S(=O)(=O)NC)cc1.CNS(=O)(=O)c1ccc(O)cc1. The molecule has 0 saturated heterocycles. The summed E-state index contributed by atoms with van der Waals surface area (Å²) in [5.41, 5.74) is 0. The van der Waals surface area contributed by atoms with Gasteiger partial charge in [0.05, 0.1) is 75.9 Å². The number of rotatable bonds is 26. The predicted molar refractivity (Wildman–Crippen MR) is 192 cm³/mol. The van der Waals surface area contributed by atoms with Crippen LogP contribution in [0.25, 0.3) is 0 Å². The van der Waals surface area contributed by atoms with E-state index >= 15 is 0 Å². The van der Waals surface area contributed by atoms with Crippen LogP contribution in [-0.2, 0) is 48.5 Å². The van der Waals surface area contributed by atoms with Crippen molar-refractivity contribution in [2.24, 2.45) is 0 Å². The van der Waals surface area contributed by atoms with Gasteiger partial charge in [-0.25, -0.2) is 26.3 Å². The molecule has 14 nitrogen and oxygen atoms in total. The molecule has 0 bridgehead atoms. The molecule has 2 rings (SSSR count). The number of nitrogens with one attached hydrogen (secondary N) is 2. The van der Waals surface area contributed by atoms with Crippen LogP contribution in [0.1, 0.15) is 26.7 Å². The molecule has 0 aliphatic carbocycles. The number of hydrogen-bond acceptors (Lipinski definition) is 12. The molecule has 49 heavy (non-hydrogen) atoms. The van der Waals surface area contributed by atoms with Crippen molar-refractivity contribution in [3.05, 3.63) is 48.5 Å². The minimum absolute atomic E-state index is 0.0463. The predicted octanol–water partition coefficient (Wildman–Crippen LogP) is 3.57. The molecule has 0 radical (unpaired) electrons. The van der Waals surface area contributed by atoms with Crippen LogP contribution in [0.4, 0.5) is 0 Å². The topological polar surface area (TPSA) is 177 Å². The van der Waals surface area contributed by atoms with E-state index < -0.39 is 20.0 Å². The summed E-state index contributed by atoms with van der Waals surface area (Å²) in [5, 5.41) is 9.76. The second-order valence-electron chi connectivity index (χ2n) is 9.59. The third kappa shape index (κ3) is 25.7. The zero-order valence-corrected chi connectivity index (χ0v) is 32.3. The van der Waals surface area contributed by atoms with Gasteiger partial charge in [0.15, 0.2) is 0 Å². The lowest BCUT2D eigenvalue weighted by atomic mass is 10.3. The van der Waals surface area contributed by atoms with Crippen LogP contribution in [0.15, 0.2) is 58.3 Å². The molecule has 0 fully saturated rings. The fourth-order valence-electron chi connectivity index (χ4n) is 3.22. The molecule has 17 heteroatoms. The molecular weight excluding hydrogens is 748 g/mol. The van der Waals surface area contributed by atoms with Crippen LogP contribution in [-0.4, -0.2) is 127 Å². The van der Waals surface area contributed by atoms with Gasteiger partial charge in [0.25, 0.3) is 0 Å². The molecule has 284 valence electrons.